The molecule has 12 heavy (non-hydrogen) atoms. The zero-order valence-corrected chi connectivity index (χ0v) is 6.60. The van der Waals surface area contributed by atoms with Gasteiger partial charge in [-0.05, 0) is 12.1 Å². The Kier molecular flexibility index (Phi) is 1.84. The number of rotatable bonds is 1. The van der Waals surface area contributed by atoms with Gasteiger partial charge in [0.15, 0.2) is 0 Å². The Hall–Kier alpha value is -1.28. The van der Waals surface area contributed by atoms with Crippen LogP contribution in [0.4, 0.5) is 0 Å². The van der Waals surface area contributed by atoms with E-state index in [9.17, 15) is 0 Å². The molecular formula is C10H10O2. The summed E-state index contributed by atoms with van der Waals surface area (Å²) in [6.07, 6.45) is 3.65. The first-order chi connectivity index (χ1) is 5.90. The van der Waals surface area contributed by atoms with Gasteiger partial charge in [-0.2, -0.15) is 0 Å². The second-order valence-corrected chi connectivity index (χ2v) is 2.74. The van der Waals surface area contributed by atoms with Gasteiger partial charge in [0.1, 0.15) is 11.9 Å². The quantitative estimate of drug-likeness (QED) is 0.677. The van der Waals surface area contributed by atoms with Crippen LogP contribution in [0.2, 0.25) is 0 Å². The molecule has 0 bridgehead atoms. The number of hydrogen-bond donors (Lipinski definition) is 1. The van der Waals surface area contributed by atoms with E-state index in [0.29, 0.717) is 0 Å². The van der Waals surface area contributed by atoms with Gasteiger partial charge in [-0.25, -0.2) is 0 Å². The van der Waals surface area contributed by atoms with Crippen LogP contribution in [0.3, 0.4) is 0 Å². The van der Waals surface area contributed by atoms with Crippen molar-refractivity contribution >= 4 is 6.08 Å². The smallest absolute Gasteiger partial charge is 0.140 e. The van der Waals surface area contributed by atoms with E-state index in [1.807, 2.05) is 36.4 Å². The fraction of sp³-hybridized carbons (Fsp3) is 0.200. The molecule has 1 unspecified atom stereocenters. The van der Waals surface area contributed by atoms with E-state index in [0.717, 1.165) is 11.3 Å². The summed E-state index contributed by atoms with van der Waals surface area (Å²) in [7, 11) is 0. The van der Waals surface area contributed by atoms with Gasteiger partial charge >= 0.3 is 0 Å². The third kappa shape index (κ3) is 1.21. The number of aliphatic hydroxyl groups excluding tert-OH is 1. The second-order valence-electron chi connectivity index (χ2n) is 2.74. The lowest BCUT2D eigenvalue weighted by molar-refractivity contribution is 0.148. The normalized spacial score (nSPS) is 19.9. The highest BCUT2D eigenvalue weighted by atomic mass is 16.5. The molecule has 0 fully saturated rings. The van der Waals surface area contributed by atoms with Crippen LogP contribution in [0.15, 0.2) is 30.3 Å². The maximum absolute atomic E-state index is 8.84. The molecule has 0 radical (unpaired) electrons. The van der Waals surface area contributed by atoms with E-state index < -0.39 is 0 Å². The number of aliphatic hydroxyl groups is 1. The Labute approximate surface area is 71.1 Å². The molecular weight excluding hydrogens is 152 g/mol. The summed E-state index contributed by atoms with van der Waals surface area (Å²) in [5.41, 5.74) is 1.07. The van der Waals surface area contributed by atoms with E-state index in [1.54, 1.807) is 0 Å². The summed E-state index contributed by atoms with van der Waals surface area (Å²) in [5.74, 6) is 0.846. The number of para-hydroxylation sites is 1. The fourth-order valence-electron chi connectivity index (χ4n) is 1.24. The standard InChI is InChI=1S/C10H10O2/c11-7-9-6-5-8-3-1-2-4-10(8)12-9/h1-6,9,11H,7H2. The lowest BCUT2D eigenvalue weighted by Gasteiger charge is -2.19. The van der Waals surface area contributed by atoms with Crippen LogP contribution >= 0.6 is 0 Å². The van der Waals surface area contributed by atoms with Crippen LogP contribution in [-0.2, 0) is 0 Å². The molecule has 2 nitrogen and oxygen atoms in total. The van der Waals surface area contributed by atoms with E-state index in [2.05, 4.69) is 0 Å². The zero-order chi connectivity index (χ0) is 8.39. The Morgan fingerprint density at radius 3 is 3.00 bits per heavy atom. The highest BCUT2D eigenvalue weighted by molar-refractivity contribution is 5.59. The summed E-state index contributed by atoms with van der Waals surface area (Å²) >= 11 is 0. The SMILES string of the molecule is OCC1C=Cc2ccccc2O1. The van der Waals surface area contributed by atoms with Crippen LogP contribution in [0.5, 0.6) is 5.75 Å². The molecule has 1 aromatic rings. The summed E-state index contributed by atoms with van der Waals surface area (Å²) in [6.45, 7) is 0.0326. The summed E-state index contributed by atoms with van der Waals surface area (Å²) in [5, 5.41) is 8.84. The van der Waals surface area contributed by atoms with Gasteiger partial charge in [0.05, 0.1) is 6.61 Å². The van der Waals surface area contributed by atoms with Crippen molar-refractivity contribution in [1.82, 2.24) is 0 Å². The van der Waals surface area contributed by atoms with Crippen molar-refractivity contribution in [1.29, 1.82) is 0 Å². The predicted molar refractivity (Wildman–Crippen MR) is 47.0 cm³/mol. The monoisotopic (exact) mass is 162 g/mol. The average molecular weight is 162 g/mol. The number of fused-ring (bicyclic) bond motifs is 1. The maximum atomic E-state index is 8.84. The lowest BCUT2D eigenvalue weighted by atomic mass is 10.1. The van der Waals surface area contributed by atoms with Crippen LogP contribution < -0.4 is 4.74 Å². The third-order valence-electron chi connectivity index (χ3n) is 1.87. The third-order valence-corrected chi connectivity index (χ3v) is 1.87. The van der Waals surface area contributed by atoms with Gasteiger partial charge in [0, 0.05) is 5.56 Å². The van der Waals surface area contributed by atoms with Crippen molar-refractivity contribution in [2.75, 3.05) is 6.61 Å². The fourth-order valence-corrected chi connectivity index (χ4v) is 1.24. The van der Waals surface area contributed by atoms with Gasteiger partial charge in [-0.3, -0.25) is 0 Å². The molecule has 0 aliphatic carbocycles. The molecule has 2 heteroatoms. The van der Waals surface area contributed by atoms with Crippen molar-refractivity contribution in [2.45, 2.75) is 6.10 Å². The molecule has 62 valence electrons. The zero-order valence-electron chi connectivity index (χ0n) is 6.60. The molecule has 1 aliphatic heterocycles. The Morgan fingerprint density at radius 2 is 2.17 bits per heavy atom. The van der Waals surface area contributed by atoms with Gasteiger partial charge in [-0.1, -0.05) is 24.3 Å². The molecule has 1 aliphatic rings. The number of benzene rings is 1. The molecule has 0 aromatic heterocycles. The summed E-state index contributed by atoms with van der Waals surface area (Å²) in [4.78, 5) is 0. The number of hydrogen-bond acceptors (Lipinski definition) is 2. The summed E-state index contributed by atoms with van der Waals surface area (Å²) < 4.78 is 5.44. The van der Waals surface area contributed by atoms with Crippen molar-refractivity contribution in [3.63, 3.8) is 0 Å². The largest absolute Gasteiger partial charge is 0.483 e. The topological polar surface area (TPSA) is 29.5 Å². The molecule has 0 spiro atoms. The van der Waals surface area contributed by atoms with Crippen LogP contribution in [0, 0.1) is 0 Å². The van der Waals surface area contributed by atoms with E-state index >= 15 is 0 Å². The van der Waals surface area contributed by atoms with Crippen LogP contribution in [0.1, 0.15) is 5.56 Å². The first kappa shape index (κ1) is 7.37. The molecule has 0 saturated heterocycles. The number of ether oxygens (including phenoxy) is 1. The van der Waals surface area contributed by atoms with Gasteiger partial charge < -0.3 is 9.84 Å². The molecule has 1 heterocycles. The van der Waals surface area contributed by atoms with E-state index in [4.69, 9.17) is 9.84 Å². The van der Waals surface area contributed by atoms with Crippen molar-refractivity contribution in [2.24, 2.45) is 0 Å². The molecule has 1 atom stereocenters. The molecule has 0 amide bonds. The Bertz CT molecular complexity index is 304. The Morgan fingerprint density at radius 1 is 1.33 bits per heavy atom. The minimum atomic E-state index is -0.181. The minimum Gasteiger partial charge on any atom is -0.483 e. The first-order valence-corrected chi connectivity index (χ1v) is 3.95. The van der Waals surface area contributed by atoms with Crippen LogP contribution in [-0.4, -0.2) is 17.8 Å². The van der Waals surface area contributed by atoms with Gasteiger partial charge in [0.2, 0.25) is 0 Å². The highest BCUT2D eigenvalue weighted by Gasteiger charge is 2.11. The molecule has 0 saturated carbocycles. The highest BCUT2D eigenvalue weighted by Crippen LogP contribution is 2.24. The maximum Gasteiger partial charge on any atom is 0.140 e. The Balaban J connectivity index is 2.33. The van der Waals surface area contributed by atoms with Crippen LogP contribution in [0.25, 0.3) is 6.08 Å². The molecule has 1 N–H and O–H groups in total. The minimum absolute atomic E-state index is 0.0326. The molecule has 2 rings (SSSR count). The van der Waals surface area contributed by atoms with E-state index in [1.165, 1.54) is 0 Å². The average Bonchev–Trinajstić information content (AvgIpc) is 2.17. The predicted octanol–water partition coefficient (Wildman–Crippen LogP) is 1.45. The lowest BCUT2D eigenvalue weighted by Crippen LogP contribution is -2.20. The first-order valence-electron chi connectivity index (χ1n) is 3.95. The summed E-state index contributed by atoms with van der Waals surface area (Å²) in [6, 6.07) is 7.78. The van der Waals surface area contributed by atoms with Crippen molar-refractivity contribution in [3.8, 4) is 5.75 Å². The van der Waals surface area contributed by atoms with Crippen molar-refractivity contribution < 1.29 is 9.84 Å². The second kappa shape index (κ2) is 2.99. The van der Waals surface area contributed by atoms with Crippen molar-refractivity contribution in [3.05, 3.63) is 35.9 Å². The van der Waals surface area contributed by atoms with E-state index in [-0.39, 0.29) is 12.7 Å². The molecule has 1 aromatic carbocycles. The van der Waals surface area contributed by atoms with Gasteiger partial charge in [-0.15, -0.1) is 0 Å². The van der Waals surface area contributed by atoms with Gasteiger partial charge in [0.25, 0.3) is 0 Å².